The maximum absolute atomic E-state index is 6.79. The molecule has 5 aromatic rings. The van der Waals surface area contributed by atoms with Crippen molar-refractivity contribution in [1.82, 2.24) is 19.7 Å². The molecule has 0 aliphatic rings. The molecule has 0 aliphatic heterocycles. The van der Waals surface area contributed by atoms with Gasteiger partial charge in [-0.25, -0.2) is 9.67 Å². The molecule has 5 heteroatoms. The number of para-hydroxylation sites is 1. The predicted molar refractivity (Wildman–Crippen MR) is 122 cm³/mol. The molecule has 3 aromatic carbocycles. The second-order valence-corrected chi connectivity index (χ2v) is 7.40. The van der Waals surface area contributed by atoms with Crippen molar-refractivity contribution in [2.75, 3.05) is 0 Å². The van der Waals surface area contributed by atoms with Crippen LogP contribution in [0.25, 0.3) is 39.6 Å². The highest BCUT2D eigenvalue weighted by molar-refractivity contribution is 6.32. The first-order valence-electron chi connectivity index (χ1n) is 9.74. The molecular formula is C25H19ClN4. The monoisotopic (exact) mass is 410 g/mol. The van der Waals surface area contributed by atoms with E-state index >= 15 is 0 Å². The molecule has 0 radical (unpaired) electrons. The van der Waals surface area contributed by atoms with Crippen molar-refractivity contribution in [1.29, 1.82) is 0 Å². The van der Waals surface area contributed by atoms with E-state index in [2.05, 4.69) is 34.3 Å². The van der Waals surface area contributed by atoms with E-state index in [0.717, 1.165) is 39.5 Å². The Balaban J connectivity index is 1.70. The minimum Gasteiger partial charge on any atom is -0.337 e. The van der Waals surface area contributed by atoms with Crippen LogP contribution in [-0.4, -0.2) is 19.7 Å². The van der Waals surface area contributed by atoms with Crippen LogP contribution in [0, 0.1) is 6.92 Å². The lowest BCUT2D eigenvalue weighted by molar-refractivity contribution is 0.863. The van der Waals surface area contributed by atoms with Crippen LogP contribution >= 0.6 is 11.6 Å². The van der Waals surface area contributed by atoms with Gasteiger partial charge in [0.2, 0.25) is 0 Å². The van der Waals surface area contributed by atoms with Crippen molar-refractivity contribution in [3.8, 4) is 39.6 Å². The number of nitrogens with zero attached hydrogens (tertiary/aromatic N) is 3. The van der Waals surface area contributed by atoms with Crippen LogP contribution in [0.15, 0.2) is 91.0 Å². The van der Waals surface area contributed by atoms with E-state index in [1.165, 1.54) is 0 Å². The van der Waals surface area contributed by atoms with Crippen molar-refractivity contribution in [3.63, 3.8) is 0 Å². The number of H-pyrrole nitrogens is 1. The molecule has 0 atom stereocenters. The smallest absolute Gasteiger partial charge is 0.144 e. The Morgan fingerprint density at radius 1 is 0.767 bits per heavy atom. The van der Waals surface area contributed by atoms with Gasteiger partial charge < -0.3 is 4.98 Å². The SMILES string of the molecule is Cc1nn(-c2ccccc2)c(Cl)c1-c1nc(-c2ccccc2)c(-c2ccccc2)[nH]1. The van der Waals surface area contributed by atoms with Crippen LogP contribution in [0.3, 0.4) is 0 Å². The Morgan fingerprint density at radius 3 is 1.97 bits per heavy atom. The zero-order chi connectivity index (χ0) is 20.5. The predicted octanol–water partition coefficient (Wildman–Crippen LogP) is 6.56. The van der Waals surface area contributed by atoms with Crippen LogP contribution < -0.4 is 0 Å². The van der Waals surface area contributed by atoms with Crippen molar-refractivity contribution >= 4 is 11.6 Å². The summed E-state index contributed by atoms with van der Waals surface area (Å²) in [5, 5.41) is 5.20. The molecule has 30 heavy (non-hydrogen) atoms. The number of imidazole rings is 1. The van der Waals surface area contributed by atoms with E-state index < -0.39 is 0 Å². The molecule has 5 rings (SSSR count). The fourth-order valence-electron chi connectivity index (χ4n) is 3.62. The molecule has 2 aromatic heterocycles. The van der Waals surface area contributed by atoms with Gasteiger partial charge in [0.1, 0.15) is 11.0 Å². The normalized spacial score (nSPS) is 11.0. The summed E-state index contributed by atoms with van der Waals surface area (Å²) in [5.41, 5.74) is 6.49. The van der Waals surface area contributed by atoms with E-state index in [-0.39, 0.29) is 0 Å². The minimum absolute atomic E-state index is 0.534. The van der Waals surface area contributed by atoms with Crippen molar-refractivity contribution in [3.05, 3.63) is 102 Å². The highest BCUT2D eigenvalue weighted by Crippen LogP contribution is 2.37. The largest absolute Gasteiger partial charge is 0.337 e. The highest BCUT2D eigenvalue weighted by Gasteiger charge is 2.22. The molecule has 0 spiro atoms. The maximum Gasteiger partial charge on any atom is 0.144 e. The van der Waals surface area contributed by atoms with E-state index in [1.54, 1.807) is 4.68 Å². The van der Waals surface area contributed by atoms with Gasteiger partial charge in [-0.15, -0.1) is 0 Å². The summed E-state index contributed by atoms with van der Waals surface area (Å²) in [4.78, 5) is 8.47. The summed E-state index contributed by atoms with van der Waals surface area (Å²) < 4.78 is 1.75. The Bertz CT molecular complexity index is 1230. The van der Waals surface area contributed by atoms with Crippen LogP contribution in [0.2, 0.25) is 5.15 Å². The maximum atomic E-state index is 6.79. The summed E-state index contributed by atoms with van der Waals surface area (Å²) >= 11 is 6.79. The topological polar surface area (TPSA) is 46.5 Å². The quantitative estimate of drug-likeness (QED) is 0.364. The molecular weight excluding hydrogens is 392 g/mol. The zero-order valence-corrected chi connectivity index (χ0v) is 17.1. The molecule has 0 saturated carbocycles. The van der Waals surface area contributed by atoms with Gasteiger partial charge in [0.15, 0.2) is 0 Å². The third kappa shape index (κ3) is 3.21. The Kier molecular flexibility index (Phi) is 4.69. The van der Waals surface area contributed by atoms with Gasteiger partial charge in [-0.1, -0.05) is 90.5 Å². The van der Waals surface area contributed by atoms with Crippen LogP contribution in [0.1, 0.15) is 5.69 Å². The number of aromatic amines is 1. The average molecular weight is 411 g/mol. The van der Waals surface area contributed by atoms with Crippen molar-refractivity contribution in [2.24, 2.45) is 0 Å². The third-order valence-electron chi connectivity index (χ3n) is 5.06. The number of rotatable bonds is 4. The summed E-state index contributed by atoms with van der Waals surface area (Å²) in [6.45, 7) is 1.95. The van der Waals surface area contributed by atoms with Gasteiger partial charge in [0.25, 0.3) is 0 Å². The Hall–Kier alpha value is -3.63. The number of hydrogen-bond acceptors (Lipinski definition) is 2. The van der Waals surface area contributed by atoms with E-state index in [0.29, 0.717) is 11.0 Å². The standard InChI is InChI=1S/C25H19ClN4/c1-17-21(24(26)30(29-17)20-15-9-4-10-16-20)25-27-22(18-11-5-2-6-12-18)23(28-25)19-13-7-3-8-14-19/h2-16H,1H3,(H,27,28). The van der Waals surface area contributed by atoms with Crippen LogP contribution in [0.4, 0.5) is 0 Å². The first-order chi connectivity index (χ1) is 14.7. The number of nitrogens with one attached hydrogen (secondary N) is 1. The fourth-order valence-corrected chi connectivity index (χ4v) is 3.98. The molecule has 0 aliphatic carbocycles. The number of hydrogen-bond donors (Lipinski definition) is 1. The number of benzene rings is 3. The van der Waals surface area contributed by atoms with Gasteiger partial charge in [-0.2, -0.15) is 5.10 Å². The molecule has 0 saturated heterocycles. The fraction of sp³-hybridized carbons (Fsp3) is 0.0400. The summed E-state index contributed by atoms with van der Waals surface area (Å²) in [6, 6.07) is 30.2. The number of halogens is 1. The highest BCUT2D eigenvalue weighted by atomic mass is 35.5. The summed E-state index contributed by atoms with van der Waals surface area (Å²) in [7, 11) is 0. The van der Waals surface area contributed by atoms with Crippen molar-refractivity contribution in [2.45, 2.75) is 6.92 Å². The van der Waals surface area contributed by atoms with Gasteiger partial charge >= 0.3 is 0 Å². The number of aromatic nitrogens is 4. The molecule has 0 fully saturated rings. The lowest BCUT2D eigenvalue weighted by Crippen LogP contribution is -1.95. The molecule has 146 valence electrons. The Morgan fingerprint density at radius 2 is 1.33 bits per heavy atom. The van der Waals surface area contributed by atoms with Gasteiger partial charge in [-0.05, 0) is 19.1 Å². The molecule has 0 amide bonds. The van der Waals surface area contributed by atoms with Crippen LogP contribution in [0.5, 0.6) is 0 Å². The lowest BCUT2D eigenvalue weighted by atomic mass is 10.1. The van der Waals surface area contributed by atoms with Gasteiger partial charge in [0.05, 0.1) is 28.3 Å². The lowest BCUT2D eigenvalue weighted by Gasteiger charge is -2.02. The van der Waals surface area contributed by atoms with E-state index in [9.17, 15) is 0 Å². The molecule has 0 unspecified atom stereocenters. The van der Waals surface area contributed by atoms with Gasteiger partial charge in [-0.3, -0.25) is 0 Å². The van der Waals surface area contributed by atoms with Gasteiger partial charge in [0, 0.05) is 11.1 Å². The second kappa shape index (κ2) is 7.65. The average Bonchev–Trinajstić information content (AvgIpc) is 3.36. The Labute approximate surface area is 179 Å². The minimum atomic E-state index is 0.534. The first kappa shape index (κ1) is 18.4. The summed E-state index contributed by atoms with van der Waals surface area (Å²) in [6.07, 6.45) is 0. The van der Waals surface area contributed by atoms with Crippen molar-refractivity contribution < 1.29 is 0 Å². The van der Waals surface area contributed by atoms with E-state index in [4.69, 9.17) is 16.6 Å². The molecule has 4 nitrogen and oxygen atoms in total. The molecule has 2 heterocycles. The third-order valence-corrected chi connectivity index (χ3v) is 5.40. The second-order valence-electron chi connectivity index (χ2n) is 7.04. The van der Waals surface area contributed by atoms with Crippen LogP contribution in [-0.2, 0) is 0 Å². The number of aryl methyl sites for hydroxylation is 1. The first-order valence-corrected chi connectivity index (χ1v) is 10.1. The zero-order valence-electron chi connectivity index (χ0n) is 16.4. The van der Waals surface area contributed by atoms with E-state index in [1.807, 2.05) is 73.7 Å². The summed E-state index contributed by atoms with van der Waals surface area (Å²) in [5.74, 6) is 0.706. The molecule has 0 bridgehead atoms. The molecule has 1 N–H and O–H groups in total.